The summed E-state index contributed by atoms with van der Waals surface area (Å²) in [6.45, 7) is 13.0. The zero-order valence-corrected chi connectivity index (χ0v) is 31.4. The lowest BCUT2D eigenvalue weighted by Gasteiger charge is -2.34. The maximum absolute atomic E-state index is 5.08. The van der Waals surface area contributed by atoms with Gasteiger partial charge in [-0.25, -0.2) is 4.98 Å². The summed E-state index contributed by atoms with van der Waals surface area (Å²) < 4.78 is 2.25. The number of aliphatic imine (C=N–C) groups is 1. The molecule has 0 spiro atoms. The molecule has 0 N–H and O–H groups in total. The average molecular weight is 731 g/mol. The second-order valence-electron chi connectivity index (χ2n) is 14.5. The van der Waals surface area contributed by atoms with E-state index in [0.717, 1.165) is 61.9 Å². The summed E-state index contributed by atoms with van der Waals surface area (Å²) in [6, 6.07) is 60.5. The molecule has 10 rings (SSSR count). The molecular weight excluding hydrogens is 693 g/mol. The molecule has 0 atom stereocenters. The Balaban J connectivity index is 0.947. The van der Waals surface area contributed by atoms with Gasteiger partial charge in [0.25, 0.3) is 0 Å². The van der Waals surface area contributed by atoms with Gasteiger partial charge in [-0.05, 0) is 128 Å². The number of aromatic nitrogens is 2. The van der Waals surface area contributed by atoms with Crippen molar-refractivity contribution in [3.05, 3.63) is 212 Å². The molecule has 1 aromatic heterocycles. The van der Waals surface area contributed by atoms with E-state index >= 15 is 0 Å². The van der Waals surface area contributed by atoms with E-state index < -0.39 is 0 Å². The highest BCUT2D eigenvalue weighted by Gasteiger charge is 2.24. The molecule has 57 heavy (non-hydrogen) atoms. The lowest BCUT2D eigenvalue weighted by Crippen LogP contribution is -2.26. The van der Waals surface area contributed by atoms with E-state index in [9.17, 15) is 0 Å². The summed E-state index contributed by atoms with van der Waals surface area (Å²) >= 11 is 0. The van der Waals surface area contributed by atoms with Crippen LogP contribution in [0.15, 0.2) is 206 Å². The quantitative estimate of drug-likeness (QED) is 0.146. The van der Waals surface area contributed by atoms with Gasteiger partial charge in [-0.2, -0.15) is 0 Å². The number of hydrogen-bond acceptors (Lipinski definition) is 3. The molecule has 2 heterocycles. The Bertz CT molecular complexity index is 3110. The van der Waals surface area contributed by atoms with Crippen molar-refractivity contribution >= 4 is 56.2 Å². The van der Waals surface area contributed by atoms with E-state index in [4.69, 9.17) is 4.98 Å². The first-order chi connectivity index (χ1) is 28.1. The van der Waals surface area contributed by atoms with Crippen LogP contribution in [-0.4, -0.2) is 16.3 Å². The highest BCUT2D eigenvalue weighted by molar-refractivity contribution is 5.96. The summed E-state index contributed by atoms with van der Waals surface area (Å²) in [7, 11) is 0. The molecule has 4 heteroatoms. The number of benzene rings is 8. The third kappa shape index (κ3) is 5.87. The minimum Gasteiger partial charge on any atom is -0.335 e. The normalized spacial score (nSPS) is 12.6. The fraction of sp³-hybridized carbons (Fsp3) is 0.0189. The van der Waals surface area contributed by atoms with Crippen LogP contribution in [0.1, 0.15) is 11.1 Å². The molecule has 0 saturated carbocycles. The van der Waals surface area contributed by atoms with Crippen molar-refractivity contribution < 1.29 is 0 Å². The van der Waals surface area contributed by atoms with Crippen molar-refractivity contribution in [2.45, 2.75) is 6.54 Å². The number of anilines is 1. The Hall–Kier alpha value is -7.56. The lowest BCUT2D eigenvalue weighted by atomic mass is 9.92. The predicted molar refractivity (Wildman–Crippen MR) is 242 cm³/mol. The Labute approximate surface area is 332 Å². The number of nitrogens with zero attached hydrogens (tertiary/aromatic N) is 4. The van der Waals surface area contributed by atoms with E-state index in [0.29, 0.717) is 6.54 Å². The Kier molecular flexibility index (Phi) is 8.31. The topological polar surface area (TPSA) is 33.4 Å². The highest BCUT2D eigenvalue weighted by atomic mass is 15.2. The molecule has 0 bridgehead atoms. The van der Waals surface area contributed by atoms with Crippen molar-refractivity contribution in [2.24, 2.45) is 4.99 Å². The van der Waals surface area contributed by atoms with Gasteiger partial charge in [0, 0.05) is 29.1 Å². The van der Waals surface area contributed by atoms with Crippen molar-refractivity contribution in [1.82, 2.24) is 9.55 Å². The molecule has 0 aliphatic carbocycles. The van der Waals surface area contributed by atoms with Crippen molar-refractivity contribution in [1.29, 1.82) is 0 Å². The van der Waals surface area contributed by atoms with Crippen molar-refractivity contribution in [3.63, 3.8) is 0 Å². The van der Waals surface area contributed by atoms with E-state index in [2.05, 4.69) is 192 Å². The molecule has 0 radical (unpaired) electrons. The Morgan fingerprint density at radius 2 is 1.11 bits per heavy atom. The Morgan fingerprint density at radius 1 is 0.544 bits per heavy atom. The van der Waals surface area contributed by atoms with Crippen LogP contribution >= 0.6 is 0 Å². The van der Waals surface area contributed by atoms with Crippen molar-refractivity contribution in [2.75, 3.05) is 4.90 Å². The number of imidazole rings is 1. The predicted octanol–water partition coefficient (Wildman–Crippen LogP) is 13.8. The van der Waals surface area contributed by atoms with Crippen LogP contribution in [0, 0.1) is 0 Å². The third-order valence-corrected chi connectivity index (χ3v) is 11.2. The van der Waals surface area contributed by atoms with E-state index in [1.54, 1.807) is 0 Å². The summed E-state index contributed by atoms with van der Waals surface area (Å²) in [5, 5.41) is 4.74. The zero-order valence-electron chi connectivity index (χ0n) is 31.4. The monoisotopic (exact) mass is 730 g/mol. The van der Waals surface area contributed by atoms with Gasteiger partial charge in [-0.15, -0.1) is 0 Å². The standard InChI is InChI=1S/C53H38N4/c1-4-46-47-16-10-9-13-44(47)34-56(50(46)5-2)51-28-27-42(33-49(51)54-3)40-23-21-36-29-35(19-20-38(36)31-40)37-22-24-41-32-43(26-25-39(41)30-37)53-55-48-17-11-12-18-52(48)57(53)45-14-7-6-8-15-45/h4-33H,1-3,34H2. The van der Waals surface area contributed by atoms with Crippen LogP contribution in [0.25, 0.3) is 77.5 Å². The molecule has 8 aromatic carbocycles. The SMILES string of the molecule is C=CC1=C(C=C)N(c2ccc(-c3ccc4cc(-c5ccc6cc(-c7nc8ccccc8n7-c7ccccc7)ccc6c5)ccc4c3)cc2N=C)Cc2ccccc21. The van der Waals surface area contributed by atoms with Crippen LogP contribution in [0.5, 0.6) is 0 Å². The van der Waals surface area contributed by atoms with Gasteiger partial charge in [-0.3, -0.25) is 9.56 Å². The van der Waals surface area contributed by atoms with E-state index in [1.807, 2.05) is 24.3 Å². The molecular formula is C53H38N4. The summed E-state index contributed by atoms with van der Waals surface area (Å²) in [4.78, 5) is 11.8. The molecule has 0 amide bonds. The summed E-state index contributed by atoms with van der Waals surface area (Å²) in [5.74, 6) is 0.935. The van der Waals surface area contributed by atoms with E-state index in [-0.39, 0.29) is 0 Å². The number of allylic oxidation sites excluding steroid dienone is 3. The molecule has 0 saturated heterocycles. The number of rotatable bonds is 8. The van der Waals surface area contributed by atoms with Gasteiger partial charge in [0.1, 0.15) is 5.82 Å². The van der Waals surface area contributed by atoms with Gasteiger partial charge in [-0.1, -0.05) is 128 Å². The first-order valence-electron chi connectivity index (χ1n) is 19.2. The third-order valence-electron chi connectivity index (χ3n) is 11.2. The van der Waals surface area contributed by atoms with Gasteiger partial charge in [0.2, 0.25) is 0 Å². The molecule has 270 valence electrons. The smallest absolute Gasteiger partial charge is 0.145 e. The fourth-order valence-electron chi connectivity index (χ4n) is 8.39. The molecule has 1 aliphatic rings. The second-order valence-corrected chi connectivity index (χ2v) is 14.5. The first-order valence-corrected chi connectivity index (χ1v) is 19.2. The van der Waals surface area contributed by atoms with Crippen LogP contribution in [-0.2, 0) is 6.54 Å². The van der Waals surface area contributed by atoms with Crippen LogP contribution < -0.4 is 4.90 Å². The number of para-hydroxylation sites is 3. The molecule has 0 unspecified atom stereocenters. The van der Waals surface area contributed by atoms with Gasteiger partial charge in [0.05, 0.1) is 22.4 Å². The minimum absolute atomic E-state index is 0.714. The maximum Gasteiger partial charge on any atom is 0.145 e. The first kappa shape index (κ1) is 34.0. The lowest BCUT2D eigenvalue weighted by molar-refractivity contribution is 0.916. The summed E-state index contributed by atoms with van der Waals surface area (Å²) in [6.07, 6.45) is 3.82. The summed E-state index contributed by atoms with van der Waals surface area (Å²) in [5.41, 5.74) is 15.2. The fourth-order valence-corrected chi connectivity index (χ4v) is 8.39. The molecule has 4 nitrogen and oxygen atoms in total. The van der Waals surface area contributed by atoms with Crippen LogP contribution in [0.2, 0.25) is 0 Å². The van der Waals surface area contributed by atoms with Gasteiger partial charge >= 0.3 is 0 Å². The molecule has 0 fully saturated rings. The van der Waals surface area contributed by atoms with Gasteiger partial charge in [0.15, 0.2) is 0 Å². The maximum atomic E-state index is 5.08. The number of hydrogen-bond donors (Lipinski definition) is 0. The second kappa shape index (κ2) is 13.9. The van der Waals surface area contributed by atoms with Gasteiger partial charge < -0.3 is 4.90 Å². The number of fused-ring (bicyclic) bond motifs is 4. The molecule has 1 aliphatic heterocycles. The zero-order chi connectivity index (χ0) is 38.5. The van der Waals surface area contributed by atoms with Crippen LogP contribution in [0.3, 0.4) is 0 Å². The highest BCUT2D eigenvalue weighted by Crippen LogP contribution is 2.42. The van der Waals surface area contributed by atoms with Crippen LogP contribution in [0.4, 0.5) is 11.4 Å². The molecule has 9 aromatic rings. The van der Waals surface area contributed by atoms with E-state index in [1.165, 1.54) is 43.8 Å². The Morgan fingerprint density at radius 3 is 1.75 bits per heavy atom. The largest absolute Gasteiger partial charge is 0.335 e. The van der Waals surface area contributed by atoms with Crippen molar-refractivity contribution in [3.8, 4) is 39.3 Å². The average Bonchev–Trinajstić information content (AvgIpc) is 3.67. The minimum atomic E-state index is 0.714.